The Bertz CT molecular complexity index is 1190. The molecule has 1 aromatic carbocycles. The summed E-state index contributed by atoms with van der Waals surface area (Å²) in [6.45, 7) is 0. The number of H-pyrrole nitrogens is 1. The summed E-state index contributed by atoms with van der Waals surface area (Å²) in [5.74, 6) is 1.78. The molecule has 2 aliphatic carbocycles. The molecular formula is C22H22BrN5O3. The summed E-state index contributed by atoms with van der Waals surface area (Å²) < 4.78 is 11.8. The van der Waals surface area contributed by atoms with Crippen molar-refractivity contribution in [1.82, 2.24) is 15.0 Å². The number of hydrogen-bond donors (Lipinski definition) is 3. The molecule has 4 atom stereocenters. The van der Waals surface area contributed by atoms with Crippen molar-refractivity contribution in [2.45, 2.75) is 12.5 Å². The van der Waals surface area contributed by atoms with E-state index in [2.05, 4.69) is 48.4 Å². The van der Waals surface area contributed by atoms with E-state index in [-0.39, 0.29) is 29.7 Å². The van der Waals surface area contributed by atoms with Crippen LogP contribution in [0.25, 0.3) is 22.6 Å². The molecule has 4 N–H and O–H groups in total. The number of nitrogens with one attached hydrogen (secondary N) is 2. The fourth-order valence-electron chi connectivity index (χ4n) is 4.85. The van der Waals surface area contributed by atoms with E-state index in [4.69, 9.17) is 15.2 Å². The number of primary amides is 1. The Hall–Kier alpha value is -3.07. The number of benzene rings is 1. The smallest absolute Gasteiger partial charge is 0.223 e. The number of imidazole rings is 1. The average Bonchev–Trinajstić information content (AvgIpc) is 3.49. The molecule has 2 aromatic heterocycles. The van der Waals surface area contributed by atoms with Gasteiger partial charge in [0.1, 0.15) is 28.4 Å². The van der Waals surface area contributed by atoms with Crippen LogP contribution in [0.2, 0.25) is 0 Å². The number of halogens is 1. The van der Waals surface area contributed by atoms with Crippen LogP contribution in [0.1, 0.15) is 6.42 Å². The van der Waals surface area contributed by atoms with Crippen LogP contribution in [0.3, 0.4) is 0 Å². The van der Waals surface area contributed by atoms with E-state index in [0.29, 0.717) is 28.5 Å². The van der Waals surface area contributed by atoms with Crippen LogP contribution in [-0.4, -0.2) is 41.1 Å². The highest BCUT2D eigenvalue weighted by Gasteiger charge is 2.47. The van der Waals surface area contributed by atoms with Gasteiger partial charge in [-0.2, -0.15) is 0 Å². The van der Waals surface area contributed by atoms with Crippen molar-refractivity contribution in [2.75, 3.05) is 19.5 Å². The second kappa shape index (κ2) is 7.56. The van der Waals surface area contributed by atoms with Gasteiger partial charge in [-0.05, 0) is 46.3 Å². The minimum atomic E-state index is -0.278. The van der Waals surface area contributed by atoms with Crippen LogP contribution in [-0.2, 0) is 4.79 Å². The first-order valence-corrected chi connectivity index (χ1v) is 10.8. The van der Waals surface area contributed by atoms with Crippen LogP contribution < -0.4 is 20.5 Å². The molecule has 1 fully saturated rings. The number of amides is 1. The van der Waals surface area contributed by atoms with Crippen molar-refractivity contribution >= 4 is 38.7 Å². The fourth-order valence-corrected chi connectivity index (χ4v) is 5.27. The highest BCUT2D eigenvalue weighted by molar-refractivity contribution is 9.10. The standard InChI is InChI=1S/C22H22BrN5O3/c1-30-13-4-3-5-14(31-2)16(13)21-27-19-18(12(23)9-25-22(19)28-21)26-17-11-7-6-10(8-11)15(17)20(24)29/h3-7,9-11,15,17H,8H2,1-2H3,(H2,24,29)(H2,25,26,27,28). The zero-order valence-electron chi connectivity index (χ0n) is 17.1. The van der Waals surface area contributed by atoms with Crippen molar-refractivity contribution in [1.29, 1.82) is 0 Å². The lowest BCUT2D eigenvalue weighted by molar-refractivity contribution is -0.122. The topological polar surface area (TPSA) is 115 Å². The Kier molecular flexibility index (Phi) is 4.85. The number of carbonyl (C=O) groups is 1. The summed E-state index contributed by atoms with van der Waals surface area (Å²) in [6.07, 6.45) is 6.92. The van der Waals surface area contributed by atoms with Gasteiger partial charge in [0, 0.05) is 12.2 Å². The molecule has 2 heterocycles. The maximum atomic E-state index is 12.1. The van der Waals surface area contributed by atoms with Gasteiger partial charge >= 0.3 is 0 Å². The van der Waals surface area contributed by atoms with Crippen LogP contribution in [0.5, 0.6) is 11.5 Å². The highest BCUT2D eigenvalue weighted by atomic mass is 79.9. The molecule has 3 aromatic rings. The van der Waals surface area contributed by atoms with Gasteiger partial charge < -0.3 is 25.5 Å². The molecule has 9 heteroatoms. The number of pyridine rings is 1. The molecule has 8 nitrogen and oxygen atoms in total. The van der Waals surface area contributed by atoms with E-state index < -0.39 is 0 Å². The van der Waals surface area contributed by atoms with Gasteiger partial charge in [0.15, 0.2) is 5.65 Å². The van der Waals surface area contributed by atoms with Gasteiger partial charge in [0.05, 0.1) is 30.3 Å². The average molecular weight is 484 g/mol. The van der Waals surface area contributed by atoms with Crippen molar-refractivity contribution in [3.63, 3.8) is 0 Å². The zero-order valence-corrected chi connectivity index (χ0v) is 18.6. The summed E-state index contributed by atoms with van der Waals surface area (Å²) in [5.41, 5.74) is 8.53. The number of anilines is 1. The third kappa shape index (κ3) is 3.15. The number of rotatable bonds is 6. The highest BCUT2D eigenvalue weighted by Crippen LogP contribution is 2.46. The van der Waals surface area contributed by atoms with Gasteiger partial charge in [-0.25, -0.2) is 9.97 Å². The van der Waals surface area contributed by atoms with Gasteiger partial charge in [-0.1, -0.05) is 18.2 Å². The molecule has 1 amide bonds. The Balaban J connectivity index is 1.60. The Morgan fingerprint density at radius 3 is 2.61 bits per heavy atom. The summed E-state index contributed by atoms with van der Waals surface area (Å²) in [5, 5.41) is 3.56. The maximum Gasteiger partial charge on any atom is 0.223 e. The summed E-state index contributed by atoms with van der Waals surface area (Å²) in [4.78, 5) is 24.7. The third-order valence-corrected chi connectivity index (χ3v) is 6.84. The quantitative estimate of drug-likeness (QED) is 0.462. The van der Waals surface area contributed by atoms with Crippen molar-refractivity contribution in [3.05, 3.63) is 41.0 Å². The van der Waals surface area contributed by atoms with Crippen molar-refractivity contribution in [2.24, 2.45) is 23.5 Å². The van der Waals surface area contributed by atoms with E-state index in [1.165, 1.54) is 0 Å². The van der Waals surface area contributed by atoms with E-state index >= 15 is 0 Å². The first-order chi connectivity index (χ1) is 15.0. The number of aromatic nitrogens is 3. The number of hydrogen-bond acceptors (Lipinski definition) is 6. The molecule has 5 rings (SSSR count). The number of nitrogens with zero attached hydrogens (tertiary/aromatic N) is 2. The number of fused-ring (bicyclic) bond motifs is 3. The Morgan fingerprint density at radius 1 is 1.23 bits per heavy atom. The number of aromatic amines is 1. The van der Waals surface area contributed by atoms with Crippen LogP contribution in [0.15, 0.2) is 41.0 Å². The van der Waals surface area contributed by atoms with Crippen molar-refractivity contribution < 1.29 is 14.3 Å². The first-order valence-electron chi connectivity index (χ1n) is 10.0. The second-order valence-corrected chi connectivity index (χ2v) is 8.70. The number of allylic oxidation sites excluding steroid dienone is 1. The SMILES string of the molecule is COc1cccc(OC)c1-c1nc2ncc(Br)c(NC3C4C=CC(C4)C3C(N)=O)c2[nH]1. The number of ether oxygens (including phenoxy) is 2. The lowest BCUT2D eigenvalue weighted by Gasteiger charge is -2.28. The molecule has 4 unspecified atom stereocenters. The van der Waals surface area contributed by atoms with Gasteiger partial charge in [-0.15, -0.1) is 0 Å². The van der Waals surface area contributed by atoms with E-state index in [0.717, 1.165) is 22.1 Å². The molecule has 0 radical (unpaired) electrons. The summed E-state index contributed by atoms with van der Waals surface area (Å²) in [7, 11) is 3.21. The van der Waals surface area contributed by atoms with Gasteiger partial charge in [0.2, 0.25) is 5.91 Å². The predicted molar refractivity (Wildman–Crippen MR) is 121 cm³/mol. The van der Waals surface area contributed by atoms with Crippen LogP contribution in [0.4, 0.5) is 5.69 Å². The lowest BCUT2D eigenvalue weighted by Crippen LogP contribution is -2.41. The molecule has 160 valence electrons. The maximum absolute atomic E-state index is 12.1. The number of methoxy groups -OCH3 is 2. The Labute approximate surface area is 187 Å². The van der Waals surface area contributed by atoms with Crippen LogP contribution in [0, 0.1) is 17.8 Å². The number of carbonyl (C=O) groups excluding carboxylic acids is 1. The first kappa shape index (κ1) is 19.9. The summed E-state index contributed by atoms with van der Waals surface area (Å²) >= 11 is 3.60. The van der Waals surface area contributed by atoms with Gasteiger partial charge in [-0.3, -0.25) is 4.79 Å². The monoisotopic (exact) mass is 483 g/mol. The molecule has 2 aliphatic rings. The summed E-state index contributed by atoms with van der Waals surface area (Å²) in [6, 6.07) is 5.49. The largest absolute Gasteiger partial charge is 0.496 e. The fraction of sp³-hybridized carbons (Fsp3) is 0.318. The lowest BCUT2D eigenvalue weighted by atomic mass is 9.88. The normalized spacial score (nSPS) is 24.0. The third-order valence-electron chi connectivity index (χ3n) is 6.24. The van der Waals surface area contributed by atoms with E-state index in [1.807, 2.05) is 18.2 Å². The molecule has 0 spiro atoms. The second-order valence-electron chi connectivity index (χ2n) is 7.85. The molecule has 2 bridgehead atoms. The Morgan fingerprint density at radius 2 is 1.94 bits per heavy atom. The van der Waals surface area contributed by atoms with Gasteiger partial charge in [0.25, 0.3) is 0 Å². The minimum Gasteiger partial charge on any atom is -0.496 e. The van der Waals surface area contributed by atoms with Crippen LogP contribution >= 0.6 is 15.9 Å². The minimum absolute atomic E-state index is 0.0815. The molecule has 1 saturated carbocycles. The number of nitrogens with two attached hydrogens (primary N) is 1. The van der Waals surface area contributed by atoms with Crippen molar-refractivity contribution in [3.8, 4) is 22.9 Å². The molecule has 0 saturated heterocycles. The van der Waals surface area contributed by atoms with E-state index in [1.54, 1.807) is 20.4 Å². The molecule has 31 heavy (non-hydrogen) atoms. The molecular weight excluding hydrogens is 462 g/mol. The van der Waals surface area contributed by atoms with E-state index in [9.17, 15) is 4.79 Å². The predicted octanol–water partition coefficient (Wildman–Crippen LogP) is 3.49. The zero-order chi connectivity index (χ0) is 21.7. The molecule has 0 aliphatic heterocycles.